The molecule has 20 heavy (non-hydrogen) atoms. The molecule has 3 heteroatoms. The van der Waals surface area contributed by atoms with Gasteiger partial charge in [0.05, 0.1) is 5.41 Å². The summed E-state index contributed by atoms with van der Waals surface area (Å²) in [6.07, 6.45) is 4.56. The number of hydrogen-bond acceptors (Lipinski definition) is 2. The molecule has 3 rings (SSSR count). The summed E-state index contributed by atoms with van der Waals surface area (Å²) in [5, 5.41) is 9.62. The number of carboxylic acid groups (broad SMARTS) is 1. The average molecular weight is 273 g/mol. The third kappa shape index (κ3) is 2.05. The number of benzene rings is 1. The number of carbonyl (C=O) groups is 1. The largest absolute Gasteiger partial charge is 0.481 e. The van der Waals surface area contributed by atoms with E-state index in [2.05, 4.69) is 17.0 Å². The Balaban J connectivity index is 1.88. The third-order valence-electron chi connectivity index (χ3n) is 5.33. The highest BCUT2D eigenvalue weighted by molar-refractivity contribution is 5.82. The van der Waals surface area contributed by atoms with Gasteiger partial charge in [-0.05, 0) is 44.8 Å². The van der Waals surface area contributed by atoms with Crippen molar-refractivity contribution in [1.29, 1.82) is 0 Å². The molecule has 1 aromatic rings. The maximum absolute atomic E-state index is 11.7. The molecular weight excluding hydrogens is 250 g/mol. The van der Waals surface area contributed by atoms with E-state index in [4.69, 9.17) is 0 Å². The summed E-state index contributed by atoms with van der Waals surface area (Å²) in [6.45, 7) is 5.03. The standard InChI is InChI=1S/C17H23NO2/c1-16(15(19)20)12-17(16,14-8-4-2-5-9-14)13-18-10-6-3-7-11-18/h2,4-5,8-9H,3,6-7,10-13H2,1H3,(H,19,20). The highest BCUT2D eigenvalue weighted by atomic mass is 16.4. The zero-order chi connectivity index (χ0) is 14.2. The molecule has 2 aliphatic rings. The van der Waals surface area contributed by atoms with Gasteiger partial charge in [-0.2, -0.15) is 0 Å². The molecule has 0 aromatic heterocycles. The van der Waals surface area contributed by atoms with E-state index in [1.54, 1.807) is 0 Å². The lowest BCUT2D eigenvalue weighted by Gasteiger charge is -2.32. The Kier molecular flexibility index (Phi) is 3.33. The summed E-state index contributed by atoms with van der Waals surface area (Å²) >= 11 is 0. The molecule has 1 aromatic carbocycles. The number of likely N-dealkylation sites (tertiary alicyclic amines) is 1. The molecule has 1 saturated heterocycles. The van der Waals surface area contributed by atoms with E-state index >= 15 is 0 Å². The van der Waals surface area contributed by atoms with Crippen LogP contribution in [0.4, 0.5) is 0 Å². The van der Waals surface area contributed by atoms with Gasteiger partial charge in [-0.15, -0.1) is 0 Å². The predicted molar refractivity (Wildman–Crippen MR) is 78.8 cm³/mol. The zero-order valence-corrected chi connectivity index (χ0v) is 12.1. The van der Waals surface area contributed by atoms with E-state index < -0.39 is 11.4 Å². The van der Waals surface area contributed by atoms with Crippen molar-refractivity contribution in [2.75, 3.05) is 19.6 Å². The fourth-order valence-electron chi connectivity index (χ4n) is 3.84. The molecule has 1 aliphatic heterocycles. The highest BCUT2D eigenvalue weighted by Gasteiger charge is 2.70. The normalized spacial score (nSPS) is 33.9. The van der Waals surface area contributed by atoms with Crippen LogP contribution in [0, 0.1) is 5.41 Å². The van der Waals surface area contributed by atoms with Crippen LogP contribution in [0.1, 0.15) is 38.2 Å². The minimum Gasteiger partial charge on any atom is -0.481 e. The monoisotopic (exact) mass is 273 g/mol. The second-order valence-electron chi connectivity index (χ2n) is 6.60. The molecular formula is C17H23NO2. The molecule has 2 unspecified atom stereocenters. The predicted octanol–water partition coefficient (Wildman–Crippen LogP) is 2.90. The number of piperidine rings is 1. The van der Waals surface area contributed by atoms with Crippen molar-refractivity contribution >= 4 is 5.97 Å². The second kappa shape index (κ2) is 4.88. The van der Waals surface area contributed by atoms with Crippen molar-refractivity contribution in [2.24, 2.45) is 5.41 Å². The van der Waals surface area contributed by atoms with Crippen LogP contribution in [-0.2, 0) is 10.2 Å². The van der Waals surface area contributed by atoms with E-state index in [1.807, 2.05) is 25.1 Å². The lowest BCUT2D eigenvalue weighted by atomic mass is 9.86. The third-order valence-corrected chi connectivity index (χ3v) is 5.33. The summed E-state index contributed by atoms with van der Waals surface area (Å²) in [7, 11) is 0. The number of hydrogen-bond donors (Lipinski definition) is 1. The number of nitrogens with zero attached hydrogens (tertiary/aromatic N) is 1. The van der Waals surface area contributed by atoms with E-state index in [9.17, 15) is 9.90 Å². The molecule has 3 nitrogen and oxygen atoms in total. The van der Waals surface area contributed by atoms with E-state index in [-0.39, 0.29) is 5.41 Å². The van der Waals surface area contributed by atoms with Crippen LogP contribution in [0.25, 0.3) is 0 Å². The first-order valence-corrected chi connectivity index (χ1v) is 7.60. The van der Waals surface area contributed by atoms with Gasteiger partial charge in [0.1, 0.15) is 0 Å². The Bertz CT molecular complexity index is 495. The average Bonchev–Trinajstić information content (AvgIpc) is 3.09. The molecule has 1 aliphatic carbocycles. The number of rotatable bonds is 4. The first-order valence-electron chi connectivity index (χ1n) is 7.60. The summed E-state index contributed by atoms with van der Waals surface area (Å²) in [6, 6.07) is 10.2. The Morgan fingerprint density at radius 1 is 1.20 bits per heavy atom. The van der Waals surface area contributed by atoms with E-state index in [1.165, 1.54) is 24.8 Å². The minimum absolute atomic E-state index is 0.197. The molecule has 1 heterocycles. The van der Waals surface area contributed by atoms with Gasteiger partial charge in [0, 0.05) is 12.0 Å². The summed E-state index contributed by atoms with van der Waals surface area (Å²) in [4.78, 5) is 14.2. The maximum atomic E-state index is 11.7. The summed E-state index contributed by atoms with van der Waals surface area (Å²) in [5.74, 6) is -0.654. The van der Waals surface area contributed by atoms with Crippen molar-refractivity contribution in [3.63, 3.8) is 0 Å². The molecule has 0 amide bonds. The van der Waals surface area contributed by atoms with Crippen LogP contribution in [0.5, 0.6) is 0 Å². The quantitative estimate of drug-likeness (QED) is 0.917. The topological polar surface area (TPSA) is 40.5 Å². The lowest BCUT2D eigenvalue weighted by Crippen LogP contribution is -2.40. The van der Waals surface area contributed by atoms with Gasteiger partial charge >= 0.3 is 5.97 Å². The SMILES string of the molecule is CC1(C(=O)O)CC1(CN1CCCCC1)c1ccccc1. The van der Waals surface area contributed by atoms with Crippen molar-refractivity contribution in [3.8, 4) is 0 Å². The van der Waals surface area contributed by atoms with Crippen LogP contribution in [0.2, 0.25) is 0 Å². The highest BCUT2D eigenvalue weighted by Crippen LogP contribution is 2.65. The van der Waals surface area contributed by atoms with Crippen molar-refractivity contribution in [2.45, 2.75) is 38.0 Å². The van der Waals surface area contributed by atoms with Crippen LogP contribution >= 0.6 is 0 Å². The summed E-state index contributed by atoms with van der Waals surface area (Å²) < 4.78 is 0. The first kappa shape index (κ1) is 13.6. The molecule has 0 spiro atoms. The van der Waals surface area contributed by atoms with Crippen LogP contribution in [0.15, 0.2) is 30.3 Å². The Morgan fingerprint density at radius 2 is 1.85 bits per heavy atom. The zero-order valence-electron chi connectivity index (χ0n) is 12.1. The lowest BCUT2D eigenvalue weighted by molar-refractivity contribution is -0.143. The molecule has 1 N–H and O–H groups in total. The van der Waals surface area contributed by atoms with Gasteiger partial charge < -0.3 is 10.0 Å². The summed E-state index contributed by atoms with van der Waals surface area (Å²) in [5.41, 5.74) is 0.388. The van der Waals surface area contributed by atoms with Crippen molar-refractivity contribution < 1.29 is 9.90 Å². The molecule has 2 fully saturated rings. The minimum atomic E-state index is -0.654. The number of carboxylic acids is 1. The van der Waals surface area contributed by atoms with E-state index in [0.717, 1.165) is 26.1 Å². The van der Waals surface area contributed by atoms with Gasteiger partial charge in [-0.1, -0.05) is 36.8 Å². The van der Waals surface area contributed by atoms with E-state index in [0.29, 0.717) is 0 Å². The smallest absolute Gasteiger partial charge is 0.310 e. The molecule has 2 atom stereocenters. The molecule has 1 saturated carbocycles. The molecule has 0 radical (unpaired) electrons. The Labute approximate surface area is 120 Å². The van der Waals surface area contributed by atoms with Gasteiger partial charge in [-0.3, -0.25) is 4.79 Å². The van der Waals surface area contributed by atoms with Crippen LogP contribution < -0.4 is 0 Å². The van der Waals surface area contributed by atoms with Crippen LogP contribution in [0.3, 0.4) is 0 Å². The number of aliphatic carboxylic acids is 1. The first-order chi connectivity index (χ1) is 9.58. The second-order valence-corrected chi connectivity index (χ2v) is 6.60. The fraction of sp³-hybridized carbons (Fsp3) is 0.588. The van der Waals surface area contributed by atoms with Crippen LogP contribution in [-0.4, -0.2) is 35.6 Å². The van der Waals surface area contributed by atoms with Crippen molar-refractivity contribution in [1.82, 2.24) is 4.90 Å². The van der Waals surface area contributed by atoms with Crippen molar-refractivity contribution in [3.05, 3.63) is 35.9 Å². The Morgan fingerprint density at radius 3 is 2.40 bits per heavy atom. The fourth-order valence-corrected chi connectivity index (χ4v) is 3.84. The maximum Gasteiger partial charge on any atom is 0.310 e. The molecule has 108 valence electrons. The Hall–Kier alpha value is -1.35. The van der Waals surface area contributed by atoms with Gasteiger partial charge in [0.25, 0.3) is 0 Å². The molecule has 0 bridgehead atoms. The van der Waals surface area contributed by atoms with Gasteiger partial charge in [0.15, 0.2) is 0 Å². The van der Waals surface area contributed by atoms with Gasteiger partial charge in [0.2, 0.25) is 0 Å². The van der Waals surface area contributed by atoms with Gasteiger partial charge in [-0.25, -0.2) is 0 Å².